The lowest BCUT2D eigenvalue weighted by atomic mass is 9.88. The van der Waals surface area contributed by atoms with Gasteiger partial charge in [0.05, 0.1) is 7.11 Å². The molecule has 1 fully saturated rings. The van der Waals surface area contributed by atoms with E-state index in [1.807, 2.05) is 60.7 Å². The minimum absolute atomic E-state index is 0.00147. The molecule has 3 aromatic rings. The fourth-order valence-electron chi connectivity index (χ4n) is 4.24. The summed E-state index contributed by atoms with van der Waals surface area (Å²) in [7, 11) is 1.62. The number of methoxy groups -OCH3 is 1. The average molecular weight is 429 g/mol. The van der Waals surface area contributed by atoms with Crippen molar-refractivity contribution >= 4 is 17.5 Å². The first-order valence-corrected chi connectivity index (χ1v) is 10.9. The number of anilines is 1. The molecule has 5 nitrogen and oxygen atoms in total. The Bertz CT molecular complexity index is 996. The van der Waals surface area contributed by atoms with Crippen LogP contribution in [0, 0.1) is 5.92 Å². The predicted molar refractivity (Wildman–Crippen MR) is 126 cm³/mol. The lowest BCUT2D eigenvalue weighted by Crippen LogP contribution is -2.32. The van der Waals surface area contributed by atoms with Crippen molar-refractivity contribution in [2.24, 2.45) is 5.92 Å². The lowest BCUT2D eigenvalue weighted by Gasteiger charge is -2.19. The third-order valence-corrected chi connectivity index (χ3v) is 5.97. The van der Waals surface area contributed by atoms with Gasteiger partial charge in [-0.05, 0) is 35.4 Å². The van der Waals surface area contributed by atoms with Gasteiger partial charge in [0.2, 0.25) is 11.8 Å². The molecule has 1 aliphatic heterocycles. The molecule has 32 heavy (non-hydrogen) atoms. The summed E-state index contributed by atoms with van der Waals surface area (Å²) in [5.41, 5.74) is 3.10. The molecule has 1 heterocycles. The molecule has 3 aromatic carbocycles. The molecule has 1 N–H and O–H groups in total. The second-order valence-corrected chi connectivity index (χ2v) is 8.15. The normalized spacial score (nSPS) is 15.8. The lowest BCUT2D eigenvalue weighted by molar-refractivity contribution is -0.122. The van der Waals surface area contributed by atoms with Gasteiger partial charge in [0.15, 0.2) is 0 Å². The van der Waals surface area contributed by atoms with E-state index < -0.39 is 0 Å². The minimum Gasteiger partial charge on any atom is -0.497 e. The molecule has 2 amide bonds. The second-order valence-electron chi connectivity index (χ2n) is 8.15. The summed E-state index contributed by atoms with van der Waals surface area (Å²) in [6.07, 6.45) is 0.810. The monoisotopic (exact) mass is 428 g/mol. The maximum absolute atomic E-state index is 12.8. The molecule has 0 spiro atoms. The summed E-state index contributed by atoms with van der Waals surface area (Å²) < 4.78 is 5.19. The quantitative estimate of drug-likeness (QED) is 0.579. The molecular formula is C27H28N2O3. The number of amides is 2. The molecule has 1 unspecified atom stereocenters. The summed E-state index contributed by atoms with van der Waals surface area (Å²) >= 11 is 0. The van der Waals surface area contributed by atoms with Gasteiger partial charge in [-0.1, -0.05) is 60.7 Å². The number of ether oxygens (including phenoxy) is 1. The number of hydrogen-bond donors (Lipinski definition) is 1. The number of nitrogens with one attached hydrogen (secondary N) is 1. The van der Waals surface area contributed by atoms with Crippen molar-refractivity contribution in [3.05, 3.63) is 96.1 Å². The van der Waals surface area contributed by atoms with E-state index >= 15 is 0 Å². The number of nitrogens with zero attached hydrogens (tertiary/aromatic N) is 1. The first-order valence-electron chi connectivity index (χ1n) is 10.9. The summed E-state index contributed by atoms with van der Waals surface area (Å²) in [6, 6.07) is 27.7. The standard InChI is InChI=1S/C27H28N2O3/c1-32-24-14-12-23(13-15-24)29-19-20(16-27(29)31)18-28-26(30)17-25(21-8-4-2-5-9-21)22-10-6-3-7-11-22/h2-15,20,25H,16-19H2,1H3,(H,28,30). The molecule has 0 aliphatic carbocycles. The van der Waals surface area contributed by atoms with E-state index in [1.54, 1.807) is 12.0 Å². The van der Waals surface area contributed by atoms with E-state index in [2.05, 4.69) is 29.6 Å². The van der Waals surface area contributed by atoms with Crippen LogP contribution in [0.15, 0.2) is 84.9 Å². The molecule has 1 atom stereocenters. The van der Waals surface area contributed by atoms with E-state index in [0.29, 0.717) is 25.9 Å². The maximum Gasteiger partial charge on any atom is 0.227 e. The summed E-state index contributed by atoms with van der Waals surface area (Å²) in [5, 5.41) is 3.07. The topological polar surface area (TPSA) is 58.6 Å². The van der Waals surface area contributed by atoms with E-state index in [9.17, 15) is 9.59 Å². The van der Waals surface area contributed by atoms with Gasteiger partial charge in [0.1, 0.15) is 5.75 Å². The van der Waals surface area contributed by atoms with Crippen LogP contribution >= 0.6 is 0 Å². The van der Waals surface area contributed by atoms with Gasteiger partial charge in [-0.3, -0.25) is 9.59 Å². The highest BCUT2D eigenvalue weighted by atomic mass is 16.5. The van der Waals surface area contributed by atoms with Crippen molar-refractivity contribution < 1.29 is 14.3 Å². The molecule has 164 valence electrons. The van der Waals surface area contributed by atoms with Crippen LogP contribution in [0.3, 0.4) is 0 Å². The Hall–Kier alpha value is -3.60. The van der Waals surface area contributed by atoms with Gasteiger partial charge in [0.25, 0.3) is 0 Å². The van der Waals surface area contributed by atoms with Crippen LogP contribution in [0.25, 0.3) is 0 Å². The van der Waals surface area contributed by atoms with E-state index in [-0.39, 0.29) is 23.7 Å². The van der Waals surface area contributed by atoms with Crippen LogP contribution in [0.2, 0.25) is 0 Å². The first-order chi connectivity index (χ1) is 15.6. The molecule has 1 saturated heterocycles. The van der Waals surface area contributed by atoms with E-state index in [4.69, 9.17) is 4.74 Å². The molecular weight excluding hydrogens is 400 g/mol. The third kappa shape index (κ3) is 5.17. The molecule has 0 saturated carbocycles. The maximum atomic E-state index is 12.8. The van der Waals surface area contributed by atoms with Gasteiger partial charge < -0.3 is 15.0 Å². The Balaban J connectivity index is 1.36. The number of carbonyl (C=O) groups excluding carboxylic acids is 2. The second kappa shape index (κ2) is 10.1. The highest BCUT2D eigenvalue weighted by Crippen LogP contribution is 2.29. The van der Waals surface area contributed by atoms with Crippen molar-refractivity contribution in [2.75, 3.05) is 25.1 Å². The fraction of sp³-hybridized carbons (Fsp3) is 0.259. The van der Waals surface area contributed by atoms with Gasteiger partial charge in [-0.2, -0.15) is 0 Å². The number of benzene rings is 3. The first kappa shape index (κ1) is 21.6. The SMILES string of the molecule is COc1ccc(N2CC(CNC(=O)CC(c3ccccc3)c3ccccc3)CC2=O)cc1. The van der Waals surface area contributed by atoms with Crippen LogP contribution in [0.4, 0.5) is 5.69 Å². The van der Waals surface area contributed by atoms with Gasteiger partial charge in [-0.25, -0.2) is 0 Å². The summed E-state index contributed by atoms with van der Waals surface area (Å²) in [5.74, 6) is 0.938. The molecule has 0 radical (unpaired) electrons. The zero-order valence-corrected chi connectivity index (χ0v) is 18.2. The van der Waals surface area contributed by atoms with Crippen molar-refractivity contribution in [3.8, 4) is 5.75 Å². The highest BCUT2D eigenvalue weighted by molar-refractivity contribution is 5.95. The van der Waals surface area contributed by atoms with E-state index in [0.717, 1.165) is 22.6 Å². The number of hydrogen-bond acceptors (Lipinski definition) is 3. The molecule has 4 rings (SSSR count). The van der Waals surface area contributed by atoms with Gasteiger partial charge in [-0.15, -0.1) is 0 Å². The number of carbonyl (C=O) groups is 2. The Kier molecular flexibility index (Phi) is 6.85. The van der Waals surface area contributed by atoms with Crippen molar-refractivity contribution in [3.63, 3.8) is 0 Å². The van der Waals surface area contributed by atoms with Crippen LogP contribution in [-0.2, 0) is 9.59 Å². The Morgan fingerprint density at radius 1 is 0.969 bits per heavy atom. The number of rotatable bonds is 8. The van der Waals surface area contributed by atoms with Crippen LogP contribution < -0.4 is 15.0 Å². The van der Waals surface area contributed by atoms with Gasteiger partial charge >= 0.3 is 0 Å². The van der Waals surface area contributed by atoms with Crippen LogP contribution in [0.5, 0.6) is 5.75 Å². The average Bonchev–Trinajstić information content (AvgIpc) is 3.22. The zero-order chi connectivity index (χ0) is 22.3. The smallest absolute Gasteiger partial charge is 0.227 e. The summed E-state index contributed by atoms with van der Waals surface area (Å²) in [4.78, 5) is 27.1. The molecule has 1 aliphatic rings. The molecule has 5 heteroatoms. The Morgan fingerprint density at radius 2 is 1.56 bits per heavy atom. The van der Waals surface area contributed by atoms with Crippen LogP contribution in [0.1, 0.15) is 29.9 Å². The third-order valence-electron chi connectivity index (χ3n) is 5.97. The highest BCUT2D eigenvalue weighted by Gasteiger charge is 2.31. The Morgan fingerprint density at radius 3 is 2.12 bits per heavy atom. The van der Waals surface area contributed by atoms with Crippen molar-refractivity contribution in [1.82, 2.24) is 5.32 Å². The molecule has 0 bridgehead atoms. The molecule has 0 aromatic heterocycles. The summed E-state index contributed by atoms with van der Waals surface area (Å²) in [6.45, 7) is 1.10. The Labute approximate surface area is 189 Å². The van der Waals surface area contributed by atoms with Gasteiger partial charge in [0, 0.05) is 43.5 Å². The zero-order valence-electron chi connectivity index (χ0n) is 18.2. The van der Waals surface area contributed by atoms with E-state index in [1.165, 1.54) is 0 Å². The largest absolute Gasteiger partial charge is 0.497 e. The van der Waals surface area contributed by atoms with Crippen molar-refractivity contribution in [2.45, 2.75) is 18.8 Å². The van der Waals surface area contributed by atoms with Crippen molar-refractivity contribution in [1.29, 1.82) is 0 Å². The fourth-order valence-corrected chi connectivity index (χ4v) is 4.24. The minimum atomic E-state index is -0.00180. The predicted octanol–water partition coefficient (Wildman–Crippen LogP) is 4.39. The van der Waals surface area contributed by atoms with Crippen LogP contribution in [-0.4, -0.2) is 32.0 Å².